The Kier molecular flexibility index (Phi) is 11.3. The number of nitrogens with zero attached hydrogens (tertiary/aromatic N) is 1. The first-order valence-electron chi connectivity index (χ1n) is 16.7. The highest BCUT2D eigenvalue weighted by atomic mass is 32.2. The molecule has 3 unspecified atom stereocenters. The molecule has 3 aromatic rings. The molecule has 0 aromatic heterocycles. The minimum absolute atomic E-state index is 0.0128. The molecule has 13 heteroatoms. The van der Waals surface area contributed by atoms with E-state index in [9.17, 15) is 18.3 Å². The van der Waals surface area contributed by atoms with Crippen LogP contribution >= 0.6 is 0 Å². The molecule has 3 aromatic carbocycles. The predicted molar refractivity (Wildman–Crippen MR) is 179 cm³/mol. The Labute approximate surface area is 287 Å². The quantitative estimate of drug-likeness (QED) is 0.238. The lowest BCUT2D eigenvalue weighted by Crippen LogP contribution is -2.51. The number of alkyl carbamates (subject to hydrolysis) is 1. The van der Waals surface area contributed by atoms with E-state index >= 15 is 0 Å². The first-order valence-corrected chi connectivity index (χ1v) is 18.1. The Morgan fingerprint density at radius 1 is 0.980 bits per heavy atom. The van der Waals surface area contributed by atoms with Crippen LogP contribution in [-0.2, 0) is 37.1 Å². The van der Waals surface area contributed by atoms with Crippen LogP contribution in [-0.4, -0.2) is 88.2 Å². The molecule has 5 atom stereocenters. The second-order valence-electron chi connectivity index (χ2n) is 13.0. The van der Waals surface area contributed by atoms with Crippen LogP contribution in [0.3, 0.4) is 0 Å². The van der Waals surface area contributed by atoms with Crippen molar-refractivity contribution in [2.45, 2.75) is 62.5 Å². The van der Waals surface area contributed by atoms with Gasteiger partial charge in [0.05, 0.1) is 42.8 Å². The second kappa shape index (κ2) is 15.8. The van der Waals surface area contributed by atoms with Gasteiger partial charge in [-0.2, -0.15) is 4.31 Å². The third-order valence-corrected chi connectivity index (χ3v) is 10.7. The van der Waals surface area contributed by atoms with Crippen molar-refractivity contribution in [1.82, 2.24) is 9.62 Å². The Morgan fingerprint density at radius 3 is 2.53 bits per heavy atom. The third kappa shape index (κ3) is 8.84. The van der Waals surface area contributed by atoms with E-state index in [1.807, 2.05) is 56.3 Å². The average molecular weight is 697 g/mol. The largest absolute Gasteiger partial charge is 0.493 e. The molecule has 6 rings (SSSR count). The molecule has 3 aliphatic heterocycles. The number of benzene rings is 3. The van der Waals surface area contributed by atoms with Crippen LogP contribution in [0.4, 0.5) is 4.79 Å². The summed E-state index contributed by atoms with van der Waals surface area (Å²) < 4.78 is 62.7. The van der Waals surface area contributed by atoms with Gasteiger partial charge >= 0.3 is 6.09 Å². The molecule has 49 heavy (non-hydrogen) atoms. The zero-order chi connectivity index (χ0) is 34.4. The number of aliphatic hydroxyl groups excluding tert-OH is 1. The molecule has 12 nitrogen and oxygen atoms in total. The number of carbonyl (C=O) groups excluding carboxylic acids is 1. The number of carbonyl (C=O) groups is 1. The first-order chi connectivity index (χ1) is 23.7. The summed E-state index contributed by atoms with van der Waals surface area (Å²) in [6, 6.07) is 21.0. The summed E-state index contributed by atoms with van der Waals surface area (Å²) in [6.45, 7) is 4.95. The molecule has 2 saturated heterocycles. The highest BCUT2D eigenvalue weighted by Gasteiger charge is 2.44. The molecule has 0 bridgehead atoms. The highest BCUT2D eigenvalue weighted by molar-refractivity contribution is 7.89. The lowest BCUT2D eigenvalue weighted by Gasteiger charge is -2.31. The summed E-state index contributed by atoms with van der Waals surface area (Å²) in [7, 11) is -4.06. The number of ether oxygens (including phenoxy) is 6. The fraction of sp³-hybridized carbons (Fsp3) is 0.472. The molecule has 0 radical (unpaired) electrons. The van der Waals surface area contributed by atoms with Crippen molar-refractivity contribution in [2.75, 3.05) is 39.7 Å². The number of hydrogen-bond acceptors (Lipinski definition) is 10. The number of aliphatic hydroxyl groups is 1. The first kappa shape index (κ1) is 35.0. The summed E-state index contributed by atoms with van der Waals surface area (Å²) >= 11 is 0. The molecule has 0 aliphatic carbocycles. The van der Waals surface area contributed by atoms with E-state index in [4.69, 9.17) is 28.4 Å². The van der Waals surface area contributed by atoms with Crippen molar-refractivity contribution < 1.29 is 46.7 Å². The van der Waals surface area contributed by atoms with E-state index in [0.29, 0.717) is 30.5 Å². The fourth-order valence-electron chi connectivity index (χ4n) is 6.26. The molecule has 2 N–H and O–H groups in total. The van der Waals surface area contributed by atoms with Gasteiger partial charge in [0.2, 0.25) is 16.8 Å². The molecule has 3 aliphatic rings. The lowest BCUT2D eigenvalue weighted by atomic mass is 10.0. The van der Waals surface area contributed by atoms with Gasteiger partial charge in [0.15, 0.2) is 17.8 Å². The lowest BCUT2D eigenvalue weighted by molar-refractivity contribution is -0.0907. The van der Waals surface area contributed by atoms with Gasteiger partial charge in [-0.3, -0.25) is 0 Å². The fourth-order valence-corrected chi connectivity index (χ4v) is 7.90. The van der Waals surface area contributed by atoms with Crippen LogP contribution in [0.15, 0.2) is 77.7 Å². The van der Waals surface area contributed by atoms with Gasteiger partial charge in [0.1, 0.15) is 11.9 Å². The van der Waals surface area contributed by atoms with Crippen molar-refractivity contribution in [1.29, 1.82) is 0 Å². The monoisotopic (exact) mass is 696 g/mol. The number of fused-ring (bicyclic) bond motifs is 2. The maximum absolute atomic E-state index is 13.9. The molecular formula is C36H44N2O10S. The van der Waals surface area contributed by atoms with E-state index in [0.717, 1.165) is 18.4 Å². The Morgan fingerprint density at radius 2 is 1.76 bits per heavy atom. The molecule has 264 valence electrons. The van der Waals surface area contributed by atoms with Gasteiger partial charge in [-0.15, -0.1) is 0 Å². The van der Waals surface area contributed by atoms with Crippen molar-refractivity contribution in [2.24, 2.45) is 11.8 Å². The van der Waals surface area contributed by atoms with Gasteiger partial charge in [0, 0.05) is 25.6 Å². The summed E-state index contributed by atoms with van der Waals surface area (Å²) in [4.78, 5) is 13.3. The van der Waals surface area contributed by atoms with E-state index in [1.54, 1.807) is 6.07 Å². The normalized spacial score (nSPS) is 21.0. The molecule has 1 amide bonds. The van der Waals surface area contributed by atoms with Crippen LogP contribution in [0.2, 0.25) is 0 Å². The van der Waals surface area contributed by atoms with Gasteiger partial charge in [-0.25, -0.2) is 13.2 Å². The minimum Gasteiger partial charge on any atom is -0.493 e. The summed E-state index contributed by atoms with van der Waals surface area (Å²) in [6.07, 6.45) is -1.20. The number of rotatable bonds is 15. The molecule has 3 heterocycles. The Hall–Kier alpha value is -3.88. The van der Waals surface area contributed by atoms with E-state index in [-0.39, 0.29) is 49.6 Å². The van der Waals surface area contributed by atoms with Crippen molar-refractivity contribution in [3.8, 4) is 17.2 Å². The predicted octanol–water partition coefficient (Wildman–Crippen LogP) is 4.14. The van der Waals surface area contributed by atoms with Crippen LogP contribution in [0, 0.1) is 11.8 Å². The van der Waals surface area contributed by atoms with E-state index in [1.165, 1.54) is 22.0 Å². The van der Waals surface area contributed by atoms with E-state index < -0.39 is 40.7 Å². The zero-order valence-corrected chi connectivity index (χ0v) is 28.5. The van der Waals surface area contributed by atoms with Gasteiger partial charge in [-0.05, 0) is 54.2 Å². The minimum atomic E-state index is -4.06. The van der Waals surface area contributed by atoms with Crippen molar-refractivity contribution >= 4 is 16.1 Å². The third-order valence-electron chi connectivity index (χ3n) is 8.83. The number of amides is 1. The van der Waals surface area contributed by atoms with Crippen molar-refractivity contribution in [3.63, 3.8) is 0 Å². The Balaban J connectivity index is 1.16. The molecular weight excluding hydrogens is 652 g/mol. The zero-order valence-electron chi connectivity index (χ0n) is 27.7. The van der Waals surface area contributed by atoms with Gasteiger partial charge in [0.25, 0.3) is 0 Å². The van der Waals surface area contributed by atoms with Gasteiger partial charge < -0.3 is 38.8 Å². The standard InChI is InChI=1S/C36H44N2O10S/c1-24(2)20-38(49(41,42)28-12-13-32-33(19-28)47-23-46-32)21-31(39)30(37-36(40)48-34-22-45-35-29(34)15-17-44-35)18-26-8-10-27(11-9-26)43-16-14-25-6-4-3-5-7-25/h3-13,19,24,29-31,34-35,39H,14-18,20-23H2,1-2H3,(H,37,40)/t29?,30-,31-,34?,35?/m1/s1. The van der Waals surface area contributed by atoms with Crippen LogP contribution in [0.25, 0.3) is 0 Å². The number of sulfonamides is 1. The number of hydrogen-bond donors (Lipinski definition) is 2. The summed E-state index contributed by atoms with van der Waals surface area (Å²) in [5.74, 6) is 1.39. The summed E-state index contributed by atoms with van der Waals surface area (Å²) in [5, 5.41) is 14.5. The second-order valence-corrected chi connectivity index (χ2v) is 14.9. The van der Waals surface area contributed by atoms with E-state index in [2.05, 4.69) is 17.4 Å². The maximum Gasteiger partial charge on any atom is 0.407 e. The van der Waals surface area contributed by atoms with Crippen LogP contribution < -0.4 is 19.5 Å². The highest BCUT2D eigenvalue weighted by Crippen LogP contribution is 2.35. The van der Waals surface area contributed by atoms with Crippen LogP contribution in [0.5, 0.6) is 17.2 Å². The number of nitrogens with one attached hydrogen (secondary N) is 1. The molecule has 0 saturated carbocycles. The Bertz CT molecular complexity index is 1650. The SMILES string of the molecule is CC(C)CN(C[C@@H](O)[C@@H](Cc1ccc(OCCc2ccccc2)cc1)NC(=O)OC1COC2OCCC12)S(=O)(=O)c1ccc2c(c1)OCO2. The smallest absolute Gasteiger partial charge is 0.407 e. The van der Waals surface area contributed by atoms with Gasteiger partial charge in [-0.1, -0.05) is 56.3 Å². The topological polar surface area (TPSA) is 142 Å². The maximum atomic E-state index is 13.9. The molecule has 2 fully saturated rings. The van der Waals surface area contributed by atoms with Crippen molar-refractivity contribution in [3.05, 3.63) is 83.9 Å². The average Bonchev–Trinajstić information content (AvgIpc) is 3.84. The van der Waals surface area contributed by atoms with Crippen LogP contribution in [0.1, 0.15) is 31.4 Å². The summed E-state index contributed by atoms with van der Waals surface area (Å²) in [5.41, 5.74) is 1.99. The molecule has 0 spiro atoms.